The molecule has 1 aromatic rings. The molecule has 0 aliphatic heterocycles. The Balaban J connectivity index is 2.90. The first-order valence-corrected chi connectivity index (χ1v) is 6.99. The maximum atomic E-state index is 13.0. The molecule has 0 spiro atoms. The van der Waals surface area contributed by atoms with E-state index < -0.39 is 11.7 Å². The lowest BCUT2D eigenvalue weighted by atomic mass is 9.97. The van der Waals surface area contributed by atoms with E-state index in [4.69, 9.17) is 0 Å². The first-order valence-electron chi connectivity index (χ1n) is 6.99. The van der Waals surface area contributed by atoms with Crippen molar-refractivity contribution in [2.45, 2.75) is 32.5 Å². The third kappa shape index (κ3) is 4.49. The molecule has 0 aromatic heterocycles. The minimum Gasteiger partial charge on any atom is -0.313 e. The monoisotopic (exact) mass is 288 g/mol. The topological polar surface area (TPSA) is 15.3 Å². The van der Waals surface area contributed by atoms with Crippen LogP contribution in [0.2, 0.25) is 0 Å². The van der Waals surface area contributed by atoms with Crippen LogP contribution in [-0.2, 0) is 6.18 Å². The summed E-state index contributed by atoms with van der Waals surface area (Å²) in [5.41, 5.74) is -0.214. The SMILES string of the molecule is CCN(CC)CCC(NC)c1ccccc1C(F)(F)F. The van der Waals surface area contributed by atoms with E-state index in [-0.39, 0.29) is 6.04 Å². The van der Waals surface area contributed by atoms with E-state index in [0.717, 1.165) is 25.7 Å². The molecule has 0 fully saturated rings. The summed E-state index contributed by atoms with van der Waals surface area (Å²) in [5, 5.41) is 3.01. The van der Waals surface area contributed by atoms with E-state index in [1.165, 1.54) is 6.07 Å². The summed E-state index contributed by atoms with van der Waals surface area (Å²) in [4.78, 5) is 2.21. The zero-order valence-electron chi connectivity index (χ0n) is 12.3. The summed E-state index contributed by atoms with van der Waals surface area (Å²) >= 11 is 0. The first kappa shape index (κ1) is 17.0. The highest BCUT2D eigenvalue weighted by molar-refractivity contribution is 5.32. The fourth-order valence-corrected chi connectivity index (χ4v) is 2.37. The molecule has 1 unspecified atom stereocenters. The fourth-order valence-electron chi connectivity index (χ4n) is 2.37. The van der Waals surface area contributed by atoms with Crippen molar-refractivity contribution in [2.75, 3.05) is 26.7 Å². The summed E-state index contributed by atoms with van der Waals surface area (Å²) < 4.78 is 39.1. The van der Waals surface area contributed by atoms with E-state index in [0.29, 0.717) is 12.0 Å². The first-order chi connectivity index (χ1) is 9.43. The van der Waals surface area contributed by atoms with Crippen molar-refractivity contribution in [3.8, 4) is 0 Å². The lowest BCUT2D eigenvalue weighted by Gasteiger charge is -2.25. The highest BCUT2D eigenvalue weighted by atomic mass is 19.4. The zero-order chi connectivity index (χ0) is 15.2. The van der Waals surface area contributed by atoms with Gasteiger partial charge in [0, 0.05) is 6.04 Å². The van der Waals surface area contributed by atoms with E-state index >= 15 is 0 Å². The Morgan fingerprint density at radius 1 is 1.15 bits per heavy atom. The molecule has 1 N–H and O–H groups in total. The molecule has 1 aromatic carbocycles. The second-order valence-electron chi connectivity index (χ2n) is 4.74. The van der Waals surface area contributed by atoms with E-state index in [1.807, 2.05) is 0 Å². The minimum absolute atomic E-state index is 0.284. The van der Waals surface area contributed by atoms with Crippen LogP contribution in [-0.4, -0.2) is 31.6 Å². The second-order valence-corrected chi connectivity index (χ2v) is 4.74. The van der Waals surface area contributed by atoms with Crippen molar-refractivity contribution >= 4 is 0 Å². The van der Waals surface area contributed by atoms with Crippen LogP contribution in [0.3, 0.4) is 0 Å². The second kappa shape index (κ2) is 7.64. The molecule has 5 heteroatoms. The maximum absolute atomic E-state index is 13.0. The molecule has 0 saturated carbocycles. The van der Waals surface area contributed by atoms with Crippen LogP contribution in [0.25, 0.3) is 0 Å². The molecule has 1 rings (SSSR count). The van der Waals surface area contributed by atoms with Crippen molar-refractivity contribution in [1.82, 2.24) is 10.2 Å². The van der Waals surface area contributed by atoms with Gasteiger partial charge in [0.2, 0.25) is 0 Å². The molecule has 0 aliphatic carbocycles. The van der Waals surface area contributed by atoms with Gasteiger partial charge >= 0.3 is 6.18 Å². The van der Waals surface area contributed by atoms with Crippen LogP contribution in [0, 0.1) is 0 Å². The van der Waals surface area contributed by atoms with Crippen molar-refractivity contribution in [3.63, 3.8) is 0 Å². The Hall–Kier alpha value is -1.07. The average molecular weight is 288 g/mol. The van der Waals surface area contributed by atoms with Gasteiger partial charge in [-0.3, -0.25) is 0 Å². The van der Waals surface area contributed by atoms with Crippen LogP contribution in [0.15, 0.2) is 24.3 Å². The van der Waals surface area contributed by atoms with Gasteiger partial charge in [-0.2, -0.15) is 13.2 Å². The van der Waals surface area contributed by atoms with Gasteiger partial charge in [0.15, 0.2) is 0 Å². The van der Waals surface area contributed by atoms with Crippen LogP contribution >= 0.6 is 0 Å². The third-order valence-corrected chi connectivity index (χ3v) is 3.62. The van der Waals surface area contributed by atoms with Gasteiger partial charge < -0.3 is 10.2 Å². The van der Waals surface area contributed by atoms with Crippen LogP contribution in [0.1, 0.15) is 37.4 Å². The molecule has 0 radical (unpaired) electrons. The fraction of sp³-hybridized carbons (Fsp3) is 0.600. The number of nitrogens with zero attached hydrogens (tertiary/aromatic N) is 1. The van der Waals surface area contributed by atoms with Gasteiger partial charge in [0.05, 0.1) is 5.56 Å². The smallest absolute Gasteiger partial charge is 0.313 e. The summed E-state index contributed by atoms with van der Waals surface area (Å²) in [6.45, 7) is 6.72. The maximum Gasteiger partial charge on any atom is 0.416 e. The highest BCUT2D eigenvalue weighted by Gasteiger charge is 2.34. The predicted octanol–water partition coefficient (Wildman–Crippen LogP) is 3.70. The van der Waals surface area contributed by atoms with Crippen LogP contribution in [0.4, 0.5) is 13.2 Å². The molecular weight excluding hydrogens is 265 g/mol. The van der Waals surface area contributed by atoms with Gasteiger partial charge in [-0.15, -0.1) is 0 Å². The molecule has 0 saturated heterocycles. The quantitative estimate of drug-likeness (QED) is 0.823. The number of nitrogens with one attached hydrogen (secondary N) is 1. The summed E-state index contributed by atoms with van der Waals surface area (Å²) in [6.07, 6.45) is -3.65. The number of halogens is 3. The molecule has 1 atom stereocenters. The van der Waals surface area contributed by atoms with E-state index in [1.54, 1.807) is 19.2 Å². The molecule has 0 bridgehead atoms. The molecule has 0 amide bonds. The van der Waals surface area contributed by atoms with Crippen molar-refractivity contribution in [2.24, 2.45) is 0 Å². The van der Waals surface area contributed by atoms with Gasteiger partial charge in [-0.05, 0) is 44.7 Å². The predicted molar refractivity (Wildman–Crippen MR) is 75.6 cm³/mol. The van der Waals surface area contributed by atoms with E-state index in [9.17, 15) is 13.2 Å². The Morgan fingerprint density at radius 2 is 1.75 bits per heavy atom. The van der Waals surface area contributed by atoms with E-state index in [2.05, 4.69) is 24.1 Å². The molecular formula is C15H23F3N2. The minimum atomic E-state index is -4.30. The Morgan fingerprint density at radius 3 is 2.25 bits per heavy atom. The molecule has 114 valence electrons. The highest BCUT2D eigenvalue weighted by Crippen LogP contribution is 2.35. The molecule has 0 aliphatic rings. The molecule has 2 nitrogen and oxygen atoms in total. The number of alkyl halides is 3. The van der Waals surface area contributed by atoms with Crippen LogP contribution < -0.4 is 5.32 Å². The van der Waals surface area contributed by atoms with Gasteiger partial charge in [-0.25, -0.2) is 0 Å². The zero-order valence-corrected chi connectivity index (χ0v) is 12.3. The van der Waals surface area contributed by atoms with Crippen LogP contribution in [0.5, 0.6) is 0 Å². The van der Waals surface area contributed by atoms with Gasteiger partial charge in [-0.1, -0.05) is 32.0 Å². The molecule has 0 heterocycles. The van der Waals surface area contributed by atoms with Gasteiger partial charge in [0.1, 0.15) is 0 Å². The number of hydrogen-bond donors (Lipinski definition) is 1. The Kier molecular flexibility index (Phi) is 6.49. The standard InChI is InChI=1S/C15H23F3N2/c1-4-20(5-2)11-10-14(19-3)12-8-6-7-9-13(12)15(16,17)18/h6-9,14,19H,4-5,10-11H2,1-3H3. The Labute approximate surface area is 119 Å². The lowest BCUT2D eigenvalue weighted by molar-refractivity contribution is -0.138. The molecule has 20 heavy (non-hydrogen) atoms. The third-order valence-electron chi connectivity index (χ3n) is 3.62. The number of benzene rings is 1. The largest absolute Gasteiger partial charge is 0.416 e. The lowest BCUT2D eigenvalue weighted by Crippen LogP contribution is -2.29. The summed E-state index contributed by atoms with van der Waals surface area (Å²) in [7, 11) is 1.71. The van der Waals surface area contributed by atoms with Crippen molar-refractivity contribution < 1.29 is 13.2 Å². The van der Waals surface area contributed by atoms with Crippen molar-refractivity contribution in [3.05, 3.63) is 35.4 Å². The van der Waals surface area contributed by atoms with Gasteiger partial charge in [0.25, 0.3) is 0 Å². The normalized spacial score (nSPS) is 13.8. The number of rotatable bonds is 7. The Bertz CT molecular complexity index is 400. The summed E-state index contributed by atoms with van der Waals surface area (Å²) in [5.74, 6) is 0. The number of hydrogen-bond acceptors (Lipinski definition) is 2. The summed E-state index contributed by atoms with van der Waals surface area (Å²) in [6, 6.07) is 5.52. The van der Waals surface area contributed by atoms with Crippen molar-refractivity contribution in [1.29, 1.82) is 0 Å². The average Bonchev–Trinajstić information content (AvgIpc) is 2.43.